The average Bonchev–Trinajstić information content (AvgIpc) is 2.18. The zero-order valence-corrected chi connectivity index (χ0v) is 11.2. The third-order valence-electron chi connectivity index (χ3n) is 4.58. The van der Waals surface area contributed by atoms with E-state index in [1.807, 2.05) is 0 Å². The molecule has 1 N–H and O–H groups in total. The third kappa shape index (κ3) is 2.98. The summed E-state index contributed by atoms with van der Waals surface area (Å²) in [7, 11) is 0. The number of hydrogen-bond donors (Lipinski definition) is 1. The van der Waals surface area contributed by atoms with Crippen LogP contribution >= 0.6 is 0 Å². The quantitative estimate of drug-likeness (QED) is 0.789. The van der Waals surface area contributed by atoms with Crippen molar-refractivity contribution in [2.75, 3.05) is 19.6 Å². The minimum atomic E-state index is 0.706. The van der Waals surface area contributed by atoms with Gasteiger partial charge in [-0.25, -0.2) is 0 Å². The zero-order valence-electron chi connectivity index (χ0n) is 11.2. The molecular weight excluding hydrogens is 196 g/mol. The van der Waals surface area contributed by atoms with E-state index in [0.717, 1.165) is 17.9 Å². The molecule has 2 rings (SSSR count). The molecule has 0 radical (unpaired) electrons. The first-order valence-electron chi connectivity index (χ1n) is 7.14. The van der Waals surface area contributed by atoms with Crippen molar-refractivity contribution in [1.29, 1.82) is 0 Å². The summed E-state index contributed by atoms with van der Waals surface area (Å²) in [6.07, 6.45) is 5.91. The topological polar surface area (TPSA) is 15.3 Å². The van der Waals surface area contributed by atoms with Gasteiger partial charge in [-0.15, -0.1) is 0 Å². The van der Waals surface area contributed by atoms with E-state index in [4.69, 9.17) is 0 Å². The molecule has 1 saturated carbocycles. The first-order chi connectivity index (χ1) is 7.66. The summed E-state index contributed by atoms with van der Waals surface area (Å²) in [6.45, 7) is 10.8. The molecule has 1 aliphatic carbocycles. The number of nitrogens with zero attached hydrogens (tertiary/aromatic N) is 1. The summed E-state index contributed by atoms with van der Waals surface area (Å²) in [4.78, 5) is 2.71. The lowest BCUT2D eigenvalue weighted by Crippen LogP contribution is -2.57. The molecule has 1 saturated heterocycles. The molecule has 2 nitrogen and oxygen atoms in total. The van der Waals surface area contributed by atoms with Crippen molar-refractivity contribution in [2.24, 2.45) is 11.8 Å². The van der Waals surface area contributed by atoms with Crippen LogP contribution in [0.2, 0.25) is 0 Å². The lowest BCUT2D eigenvalue weighted by molar-refractivity contribution is 0.108. The van der Waals surface area contributed by atoms with Crippen molar-refractivity contribution in [3.8, 4) is 0 Å². The highest BCUT2D eigenvalue weighted by atomic mass is 15.2. The summed E-state index contributed by atoms with van der Waals surface area (Å²) in [5.41, 5.74) is 0. The molecule has 16 heavy (non-hydrogen) atoms. The van der Waals surface area contributed by atoms with Crippen LogP contribution in [-0.4, -0.2) is 36.6 Å². The maximum absolute atomic E-state index is 3.67. The molecular formula is C14H28N2. The Labute approximate surface area is 101 Å². The Hall–Kier alpha value is -0.0800. The van der Waals surface area contributed by atoms with E-state index in [2.05, 4.69) is 31.0 Å². The van der Waals surface area contributed by atoms with Gasteiger partial charge in [0.25, 0.3) is 0 Å². The van der Waals surface area contributed by atoms with Crippen LogP contribution in [0.1, 0.15) is 46.5 Å². The van der Waals surface area contributed by atoms with Crippen molar-refractivity contribution in [3.63, 3.8) is 0 Å². The van der Waals surface area contributed by atoms with Crippen LogP contribution in [0.5, 0.6) is 0 Å². The van der Waals surface area contributed by atoms with Crippen LogP contribution in [0.3, 0.4) is 0 Å². The molecule has 2 unspecified atom stereocenters. The second kappa shape index (κ2) is 5.50. The maximum atomic E-state index is 3.67. The fourth-order valence-electron chi connectivity index (χ4n) is 2.84. The lowest BCUT2D eigenvalue weighted by atomic mass is 9.83. The maximum Gasteiger partial charge on any atom is 0.0218 e. The summed E-state index contributed by atoms with van der Waals surface area (Å²) in [6, 6.07) is 1.44. The monoisotopic (exact) mass is 224 g/mol. The Morgan fingerprint density at radius 1 is 1.31 bits per heavy atom. The summed E-state index contributed by atoms with van der Waals surface area (Å²) in [5.74, 6) is 1.82. The van der Waals surface area contributed by atoms with E-state index in [1.165, 1.54) is 45.3 Å². The molecule has 2 atom stereocenters. The standard InChI is InChI=1S/C14H28N2/c1-11(2)14-10-16(12(3)9-15-14)8-7-13-5-4-6-13/h11-15H,4-10H2,1-3H3. The van der Waals surface area contributed by atoms with Crippen LogP contribution < -0.4 is 5.32 Å². The summed E-state index contributed by atoms with van der Waals surface area (Å²) in [5, 5.41) is 3.67. The van der Waals surface area contributed by atoms with Crippen LogP contribution in [0.25, 0.3) is 0 Å². The highest BCUT2D eigenvalue weighted by Gasteiger charge is 2.27. The van der Waals surface area contributed by atoms with Gasteiger partial charge in [0.2, 0.25) is 0 Å². The van der Waals surface area contributed by atoms with Crippen molar-refractivity contribution >= 4 is 0 Å². The fraction of sp³-hybridized carbons (Fsp3) is 1.00. The molecule has 1 heterocycles. The van der Waals surface area contributed by atoms with Gasteiger partial charge in [-0.3, -0.25) is 4.90 Å². The van der Waals surface area contributed by atoms with E-state index < -0.39 is 0 Å². The van der Waals surface area contributed by atoms with Gasteiger partial charge in [-0.05, 0) is 31.7 Å². The van der Waals surface area contributed by atoms with E-state index in [1.54, 1.807) is 0 Å². The molecule has 2 heteroatoms. The number of nitrogens with one attached hydrogen (secondary N) is 1. The summed E-state index contributed by atoms with van der Waals surface area (Å²) < 4.78 is 0. The first-order valence-corrected chi connectivity index (χ1v) is 7.14. The summed E-state index contributed by atoms with van der Waals surface area (Å²) >= 11 is 0. The van der Waals surface area contributed by atoms with Gasteiger partial charge >= 0.3 is 0 Å². The van der Waals surface area contributed by atoms with E-state index in [-0.39, 0.29) is 0 Å². The van der Waals surface area contributed by atoms with Gasteiger partial charge in [0.15, 0.2) is 0 Å². The highest BCUT2D eigenvalue weighted by Crippen LogP contribution is 2.29. The molecule has 2 aliphatic rings. The number of rotatable bonds is 4. The van der Waals surface area contributed by atoms with E-state index in [0.29, 0.717) is 6.04 Å². The Kier molecular flexibility index (Phi) is 4.26. The normalized spacial score (nSPS) is 33.0. The van der Waals surface area contributed by atoms with Crippen molar-refractivity contribution in [3.05, 3.63) is 0 Å². The SMILES string of the molecule is CC(C)C1CN(CCC2CCC2)C(C)CN1. The van der Waals surface area contributed by atoms with Crippen molar-refractivity contribution in [2.45, 2.75) is 58.5 Å². The predicted molar refractivity (Wildman–Crippen MR) is 69.6 cm³/mol. The Morgan fingerprint density at radius 3 is 2.62 bits per heavy atom. The molecule has 0 aromatic heterocycles. The van der Waals surface area contributed by atoms with Crippen LogP contribution in [0, 0.1) is 11.8 Å². The molecule has 0 aromatic carbocycles. The largest absolute Gasteiger partial charge is 0.311 e. The minimum absolute atomic E-state index is 0.706. The molecule has 0 aromatic rings. The van der Waals surface area contributed by atoms with Gasteiger partial charge in [-0.1, -0.05) is 33.1 Å². The molecule has 94 valence electrons. The number of hydrogen-bond acceptors (Lipinski definition) is 2. The third-order valence-corrected chi connectivity index (χ3v) is 4.58. The molecule has 0 spiro atoms. The zero-order chi connectivity index (χ0) is 11.5. The van der Waals surface area contributed by atoms with Gasteiger partial charge in [0.05, 0.1) is 0 Å². The highest BCUT2D eigenvalue weighted by molar-refractivity contribution is 4.86. The first kappa shape index (κ1) is 12.4. The Bertz CT molecular complexity index is 211. The van der Waals surface area contributed by atoms with E-state index in [9.17, 15) is 0 Å². The van der Waals surface area contributed by atoms with Gasteiger partial charge < -0.3 is 5.32 Å². The van der Waals surface area contributed by atoms with Crippen LogP contribution in [-0.2, 0) is 0 Å². The lowest BCUT2D eigenvalue weighted by Gasteiger charge is -2.41. The minimum Gasteiger partial charge on any atom is -0.311 e. The van der Waals surface area contributed by atoms with Crippen molar-refractivity contribution < 1.29 is 0 Å². The van der Waals surface area contributed by atoms with Gasteiger partial charge in [0, 0.05) is 25.2 Å². The Balaban J connectivity index is 1.76. The van der Waals surface area contributed by atoms with Gasteiger partial charge in [0.1, 0.15) is 0 Å². The second-order valence-electron chi connectivity index (χ2n) is 6.19. The smallest absolute Gasteiger partial charge is 0.0218 e. The molecule has 0 bridgehead atoms. The van der Waals surface area contributed by atoms with Crippen LogP contribution in [0.4, 0.5) is 0 Å². The predicted octanol–water partition coefficient (Wildman–Crippen LogP) is 2.49. The second-order valence-corrected chi connectivity index (χ2v) is 6.19. The van der Waals surface area contributed by atoms with Crippen LogP contribution in [0.15, 0.2) is 0 Å². The number of piperazine rings is 1. The molecule has 1 aliphatic heterocycles. The van der Waals surface area contributed by atoms with Crippen molar-refractivity contribution in [1.82, 2.24) is 10.2 Å². The fourth-order valence-corrected chi connectivity index (χ4v) is 2.84. The molecule has 0 amide bonds. The van der Waals surface area contributed by atoms with E-state index >= 15 is 0 Å². The Morgan fingerprint density at radius 2 is 2.06 bits per heavy atom. The van der Waals surface area contributed by atoms with Gasteiger partial charge in [-0.2, -0.15) is 0 Å². The average molecular weight is 224 g/mol. The molecule has 2 fully saturated rings.